The Kier molecular flexibility index (Phi) is 8.51. The van der Waals surface area contributed by atoms with Crippen molar-refractivity contribution in [3.8, 4) is 0 Å². The van der Waals surface area contributed by atoms with Crippen LogP contribution in [0.4, 0.5) is 5.82 Å². The number of unbranched alkanes of at least 4 members (excludes halogenated alkanes) is 1. The number of rotatable bonds is 8. The van der Waals surface area contributed by atoms with Crippen LogP contribution in [0, 0.1) is 5.92 Å². The highest BCUT2D eigenvalue weighted by Crippen LogP contribution is 2.30. The van der Waals surface area contributed by atoms with E-state index in [1.807, 2.05) is 31.9 Å². The SMILES string of the molecule is C=C(C(=C)c1cncnc1N1CCN(C(=O)C(C)C)CC1C)C(C)=N/C=C\CCC. The number of hydrogen-bond acceptors (Lipinski definition) is 5. The van der Waals surface area contributed by atoms with Gasteiger partial charge in [0.05, 0.1) is 0 Å². The second kappa shape index (κ2) is 10.9. The minimum atomic E-state index is 0.00935. The highest BCUT2D eigenvalue weighted by atomic mass is 16.2. The van der Waals surface area contributed by atoms with Crippen molar-refractivity contribution in [2.45, 2.75) is 53.5 Å². The first-order chi connectivity index (χ1) is 14.3. The summed E-state index contributed by atoms with van der Waals surface area (Å²) in [5.74, 6) is 1.04. The third-order valence-electron chi connectivity index (χ3n) is 5.35. The number of aliphatic imine (C=N–C) groups is 1. The number of piperazine rings is 1. The zero-order chi connectivity index (χ0) is 22.3. The summed E-state index contributed by atoms with van der Waals surface area (Å²) in [6.45, 7) is 20.6. The van der Waals surface area contributed by atoms with Crippen LogP contribution < -0.4 is 4.90 Å². The van der Waals surface area contributed by atoms with E-state index in [1.54, 1.807) is 12.5 Å². The Morgan fingerprint density at radius 3 is 2.73 bits per heavy atom. The summed E-state index contributed by atoms with van der Waals surface area (Å²) in [7, 11) is 0. The molecule has 0 N–H and O–H groups in total. The van der Waals surface area contributed by atoms with Crippen molar-refractivity contribution in [1.29, 1.82) is 0 Å². The average Bonchev–Trinajstić information content (AvgIpc) is 2.74. The quantitative estimate of drug-likeness (QED) is 0.468. The van der Waals surface area contributed by atoms with E-state index < -0.39 is 0 Å². The summed E-state index contributed by atoms with van der Waals surface area (Å²) in [6.07, 6.45) is 9.32. The number of carbonyl (C=O) groups is 1. The van der Waals surface area contributed by atoms with E-state index in [9.17, 15) is 4.79 Å². The second-order valence-corrected chi connectivity index (χ2v) is 8.09. The number of allylic oxidation sites excluding steroid dienone is 3. The molecule has 1 saturated heterocycles. The van der Waals surface area contributed by atoms with Gasteiger partial charge in [0.1, 0.15) is 12.1 Å². The molecule has 0 saturated carbocycles. The lowest BCUT2D eigenvalue weighted by Gasteiger charge is -2.41. The van der Waals surface area contributed by atoms with Crippen molar-refractivity contribution < 1.29 is 4.79 Å². The molecule has 1 aliphatic heterocycles. The zero-order valence-corrected chi connectivity index (χ0v) is 19.1. The topological polar surface area (TPSA) is 61.7 Å². The average molecular weight is 410 g/mol. The Morgan fingerprint density at radius 1 is 1.37 bits per heavy atom. The van der Waals surface area contributed by atoms with Crippen molar-refractivity contribution in [3.05, 3.63) is 49.1 Å². The Balaban J connectivity index is 2.21. The maximum atomic E-state index is 12.4. The lowest BCUT2D eigenvalue weighted by Crippen LogP contribution is -2.55. The number of aromatic nitrogens is 2. The van der Waals surface area contributed by atoms with Gasteiger partial charge >= 0.3 is 0 Å². The van der Waals surface area contributed by atoms with E-state index in [4.69, 9.17) is 0 Å². The first-order valence-electron chi connectivity index (χ1n) is 10.7. The summed E-state index contributed by atoms with van der Waals surface area (Å²) >= 11 is 0. The minimum absolute atomic E-state index is 0.00935. The Bertz CT molecular complexity index is 840. The van der Waals surface area contributed by atoms with Crippen LogP contribution in [0.25, 0.3) is 5.57 Å². The number of carbonyl (C=O) groups excluding carboxylic acids is 1. The molecule has 1 amide bonds. The molecule has 1 aromatic heterocycles. The molecule has 30 heavy (non-hydrogen) atoms. The maximum Gasteiger partial charge on any atom is 0.225 e. The van der Waals surface area contributed by atoms with Gasteiger partial charge in [0.2, 0.25) is 5.91 Å². The lowest BCUT2D eigenvalue weighted by atomic mass is 9.98. The third-order valence-corrected chi connectivity index (χ3v) is 5.35. The van der Waals surface area contributed by atoms with Crippen LogP contribution in [0.3, 0.4) is 0 Å². The minimum Gasteiger partial charge on any atom is -0.350 e. The Labute approximate surface area is 181 Å². The molecule has 0 bridgehead atoms. The molecule has 1 atom stereocenters. The highest BCUT2D eigenvalue weighted by Gasteiger charge is 2.30. The molecule has 1 aliphatic rings. The normalized spacial score (nSPS) is 17.7. The van der Waals surface area contributed by atoms with E-state index in [1.165, 1.54) is 0 Å². The first kappa shape index (κ1) is 23.5. The predicted molar refractivity (Wildman–Crippen MR) is 126 cm³/mol. The van der Waals surface area contributed by atoms with Gasteiger partial charge in [-0.3, -0.25) is 9.79 Å². The zero-order valence-electron chi connectivity index (χ0n) is 19.1. The van der Waals surface area contributed by atoms with Crippen molar-refractivity contribution in [2.24, 2.45) is 10.9 Å². The molecule has 0 aliphatic carbocycles. The van der Waals surface area contributed by atoms with Crippen LogP contribution >= 0.6 is 0 Å². The van der Waals surface area contributed by atoms with Crippen molar-refractivity contribution in [1.82, 2.24) is 14.9 Å². The second-order valence-electron chi connectivity index (χ2n) is 8.09. The molecule has 162 valence electrons. The van der Waals surface area contributed by atoms with Crippen LogP contribution in [-0.2, 0) is 4.79 Å². The molecule has 2 rings (SSSR count). The molecular weight excluding hydrogens is 374 g/mol. The monoisotopic (exact) mass is 409 g/mol. The largest absolute Gasteiger partial charge is 0.350 e. The fourth-order valence-electron chi connectivity index (χ4n) is 3.47. The van der Waals surface area contributed by atoms with E-state index >= 15 is 0 Å². The lowest BCUT2D eigenvalue weighted by molar-refractivity contribution is -0.135. The molecule has 2 heterocycles. The van der Waals surface area contributed by atoms with Crippen LogP contribution in [-0.4, -0.2) is 52.2 Å². The fourth-order valence-corrected chi connectivity index (χ4v) is 3.47. The van der Waals surface area contributed by atoms with Crippen molar-refractivity contribution in [3.63, 3.8) is 0 Å². The van der Waals surface area contributed by atoms with Gasteiger partial charge in [-0.15, -0.1) is 0 Å². The van der Waals surface area contributed by atoms with Crippen molar-refractivity contribution >= 4 is 23.0 Å². The maximum absolute atomic E-state index is 12.4. The molecule has 0 aromatic carbocycles. The van der Waals surface area contributed by atoms with Gasteiger partial charge in [0.15, 0.2) is 0 Å². The standard InChI is InChI=1S/C24H35N5O/c1-8-9-10-11-26-21(7)19(5)20(6)22-14-25-16-27-23(22)29-13-12-28(15-18(29)4)24(30)17(2)3/h10-11,14,16-18H,5-6,8-9,12-13,15H2,1-4,7H3/b11-10-,26-21?. The van der Waals surface area contributed by atoms with Gasteiger partial charge in [0.25, 0.3) is 0 Å². The molecule has 0 radical (unpaired) electrons. The van der Waals surface area contributed by atoms with Gasteiger partial charge in [-0.25, -0.2) is 9.97 Å². The summed E-state index contributed by atoms with van der Waals surface area (Å²) in [6, 6.07) is 0.142. The highest BCUT2D eigenvalue weighted by molar-refractivity contribution is 6.12. The van der Waals surface area contributed by atoms with Crippen molar-refractivity contribution in [2.75, 3.05) is 24.5 Å². The summed E-state index contributed by atoms with van der Waals surface area (Å²) < 4.78 is 0. The van der Waals surface area contributed by atoms with E-state index in [0.717, 1.165) is 47.6 Å². The summed E-state index contributed by atoms with van der Waals surface area (Å²) in [4.78, 5) is 29.8. The number of nitrogens with zero attached hydrogens (tertiary/aromatic N) is 5. The van der Waals surface area contributed by atoms with Crippen LogP contribution in [0.15, 0.2) is 48.5 Å². The van der Waals surface area contributed by atoms with Gasteiger partial charge in [-0.1, -0.05) is 46.4 Å². The molecule has 1 aromatic rings. The number of hydrogen-bond donors (Lipinski definition) is 0. The molecule has 6 heteroatoms. The van der Waals surface area contributed by atoms with Gasteiger partial charge < -0.3 is 9.80 Å². The fraction of sp³-hybridized carbons (Fsp3) is 0.500. The van der Waals surface area contributed by atoms with E-state index in [2.05, 4.69) is 52.9 Å². The van der Waals surface area contributed by atoms with E-state index in [0.29, 0.717) is 13.1 Å². The van der Waals surface area contributed by atoms with Crippen LogP contribution in [0.2, 0.25) is 0 Å². The molecular formula is C24H35N5O. The Hall–Kier alpha value is -2.76. The molecule has 1 unspecified atom stereocenters. The van der Waals surface area contributed by atoms with E-state index in [-0.39, 0.29) is 17.9 Å². The molecule has 0 spiro atoms. The third kappa shape index (κ3) is 5.65. The predicted octanol–water partition coefficient (Wildman–Crippen LogP) is 4.51. The number of anilines is 1. The molecule has 1 fully saturated rings. The Morgan fingerprint density at radius 2 is 2.10 bits per heavy atom. The van der Waals surface area contributed by atoms with Gasteiger partial charge in [-0.05, 0) is 31.4 Å². The van der Waals surface area contributed by atoms with Crippen LogP contribution in [0.1, 0.15) is 53.0 Å². The summed E-state index contributed by atoms with van der Waals surface area (Å²) in [5, 5.41) is 0. The van der Waals surface area contributed by atoms with Crippen LogP contribution in [0.5, 0.6) is 0 Å². The van der Waals surface area contributed by atoms with Gasteiger partial charge in [0, 0.05) is 55.3 Å². The summed E-state index contributed by atoms with van der Waals surface area (Å²) in [5.41, 5.74) is 3.21. The van der Waals surface area contributed by atoms with Gasteiger partial charge in [-0.2, -0.15) is 0 Å². The first-order valence-corrected chi connectivity index (χ1v) is 10.7. The molecule has 6 nitrogen and oxygen atoms in total. The smallest absolute Gasteiger partial charge is 0.225 e. The number of amides is 1.